The molecule has 0 spiro atoms. The van der Waals surface area contributed by atoms with Gasteiger partial charge in [0.2, 0.25) is 5.76 Å². The molecule has 0 aliphatic heterocycles. The summed E-state index contributed by atoms with van der Waals surface area (Å²) < 4.78 is 10.7. The molecule has 0 aliphatic carbocycles. The molecule has 20 heavy (non-hydrogen) atoms. The van der Waals surface area contributed by atoms with E-state index in [2.05, 4.69) is 0 Å². The van der Waals surface area contributed by atoms with Crippen molar-refractivity contribution in [3.8, 4) is 0 Å². The van der Waals surface area contributed by atoms with Crippen molar-refractivity contribution in [1.29, 1.82) is 0 Å². The summed E-state index contributed by atoms with van der Waals surface area (Å²) in [5.41, 5.74) is 2.78. The van der Waals surface area contributed by atoms with Crippen LogP contribution in [0, 0.1) is 6.92 Å². The van der Waals surface area contributed by atoms with E-state index >= 15 is 0 Å². The molecule has 0 saturated heterocycles. The lowest BCUT2D eigenvalue weighted by atomic mass is 10.2. The Morgan fingerprint density at radius 2 is 1.90 bits per heavy atom. The number of hydrogen-bond donors (Lipinski definition) is 0. The zero-order valence-corrected chi connectivity index (χ0v) is 11.1. The Labute approximate surface area is 116 Å². The van der Waals surface area contributed by atoms with Gasteiger partial charge < -0.3 is 9.15 Å². The molecule has 0 aliphatic rings. The summed E-state index contributed by atoms with van der Waals surface area (Å²) in [5, 5.41) is 0.914. The number of hydrogen-bond acceptors (Lipinski definition) is 3. The van der Waals surface area contributed by atoms with Crippen LogP contribution in [-0.2, 0) is 11.3 Å². The molecule has 3 nitrogen and oxygen atoms in total. The molecule has 0 amide bonds. The minimum atomic E-state index is -0.442. The monoisotopic (exact) mass is 266 g/mol. The van der Waals surface area contributed by atoms with E-state index in [0.717, 1.165) is 16.5 Å². The molecule has 0 radical (unpaired) electrons. The molecule has 3 heteroatoms. The summed E-state index contributed by atoms with van der Waals surface area (Å²) in [6.07, 6.45) is 0. The molecule has 1 aromatic heterocycles. The minimum absolute atomic E-state index is 0.238. The van der Waals surface area contributed by atoms with Gasteiger partial charge in [-0.25, -0.2) is 4.79 Å². The number of carbonyl (C=O) groups is 1. The number of carbonyl (C=O) groups excluding carboxylic acids is 1. The van der Waals surface area contributed by atoms with Crippen LogP contribution < -0.4 is 0 Å². The van der Waals surface area contributed by atoms with E-state index in [1.165, 1.54) is 0 Å². The first kappa shape index (κ1) is 12.5. The smallest absolute Gasteiger partial charge is 0.374 e. The molecule has 0 unspecified atom stereocenters. The second-order valence-corrected chi connectivity index (χ2v) is 4.71. The van der Waals surface area contributed by atoms with Crippen molar-refractivity contribution >= 4 is 16.9 Å². The topological polar surface area (TPSA) is 39.4 Å². The van der Waals surface area contributed by atoms with Crippen LogP contribution >= 0.6 is 0 Å². The molecule has 3 rings (SSSR count). The molecule has 0 bridgehead atoms. The predicted molar refractivity (Wildman–Crippen MR) is 76.5 cm³/mol. The number of fused-ring (bicyclic) bond motifs is 1. The summed E-state index contributed by atoms with van der Waals surface area (Å²) in [5.74, 6) is -0.204. The molecule has 100 valence electrons. The summed E-state index contributed by atoms with van der Waals surface area (Å²) in [7, 11) is 0. The van der Waals surface area contributed by atoms with Crippen molar-refractivity contribution in [3.05, 3.63) is 71.5 Å². The highest BCUT2D eigenvalue weighted by molar-refractivity contribution is 5.92. The first-order valence-corrected chi connectivity index (χ1v) is 6.43. The molecule has 0 fully saturated rings. The largest absolute Gasteiger partial charge is 0.455 e. The predicted octanol–water partition coefficient (Wildman–Crippen LogP) is 4.10. The average Bonchev–Trinajstić information content (AvgIpc) is 2.89. The van der Waals surface area contributed by atoms with E-state index in [-0.39, 0.29) is 12.4 Å². The van der Waals surface area contributed by atoms with Crippen molar-refractivity contribution in [2.45, 2.75) is 13.5 Å². The third-order valence-electron chi connectivity index (χ3n) is 3.09. The van der Waals surface area contributed by atoms with Crippen LogP contribution in [-0.4, -0.2) is 5.97 Å². The number of esters is 1. The maximum absolute atomic E-state index is 12.0. The third kappa shape index (κ3) is 2.57. The van der Waals surface area contributed by atoms with Crippen molar-refractivity contribution in [1.82, 2.24) is 0 Å². The fraction of sp³-hybridized carbons (Fsp3) is 0.118. The average molecular weight is 266 g/mol. The van der Waals surface area contributed by atoms with Gasteiger partial charge in [0.05, 0.1) is 0 Å². The molecular formula is C17H14O3. The quantitative estimate of drug-likeness (QED) is 0.670. The molecule has 0 saturated carbocycles. The lowest BCUT2D eigenvalue weighted by Crippen LogP contribution is -2.03. The van der Waals surface area contributed by atoms with Crippen molar-refractivity contribution in [2.75, 3.05) is 0 Å². The highest BCUT2D eigenvalue weighted by Gasteiger charge is 2.13. The number of aryl methyl sites for hydroxylation is 1. The number of benzene rings is 2. The van der Waals surface area contributed by atoms with Gasteiger partial charge in [0.1, 0.15) is 12.2 Å². The maximum Gasteiger partial charge on any atom is 0.374 e. The first-order chi connectivity index (χ1) is 9.72. The third-order valence-corrected chi connectivity index (χ3v) is 3.09. The highest BCUT2D eigenvalue weighted by atomic mass is 16.5. The SMILES string of the molecule is Cc1ccc2oc(C(=O)OCc3ccccc3)cc2c1. The van der Waals surface area contributed by atoms with Crippen LogP contribution in [0.15, 0.2) is 59.0 Å². The van der Waals surface area contributed by atoms with Crippen molar-refractivity contribution in [2.24, 2.45) is 0 Å². The fourth-order valence-electron chi connectivity index (χ4n) is 2.06. The van der Waals surface area contributed by atoms with Gasteiger partial charge in [-0.2, -0.15) is 0 Å². The van der Waals surface area contributed by atoms with Gasteiger partial charge in [-0.05, 0) is 30.7 Å². The summed E-state index contributed by atoms with van der Waals surface area (Å²) in [6.45, 7) is 2.25. The Morgan fingerprint density at radius 3 is 2.70 bits per heavy atom. The first-order valence-electron chi connectivity index (χ1n) is 6.43. The van der Waals surface area contributed by atoms with E-state index in [4.69, 9.17) is 9.15 Å². The Hall–Kier alpha value is -2.55. The zero-order valence-electron chi connectivity index (χ0n) is 11.1. The van der Waals surface area contributed by atoms with Gasteiger partial charge in [0, 0.05) is 5.39 Å². The fourth-order valence-corrected chi connectivity index (χ4v) is 2.06. The van der Waals surface area contributed by atoms with E-state index in [1.807, 2.05) is 55.5 Å². The van der Waals surface area contributed by atoms with Gasteiger partial charge in [0.15, 0.2) is 0 Å². The Kier molecular flexibility index (Phi) is 3.25. The van der Waals surface area contributed by atoms with Gasteiger partial charge in [-0.1, -0.05) is 42.0 Å². The van der Waals surface area contributed by atoms with E-state index in [1.54, 1.807) is 6.07 Å². The lowest BCUT2D eigenvalue weighted by molar-refractivity contribution is 0.0439. The van der Waals surface area contributed by atoms with Gasteiger partial charge >= 0.3 is 5.97 Å². The molecule has 0 atom stereocenters. The summed E-state index contributed by atoms with van der Waals surface area (Å²) in [6, 6.07) is 17.1. The number of furan rings is 1. The molecular weight excluding hydrogens is 252 g/mol. The second kappa shape index (κ2) is 5.21. The van der Waals surface area contributed by atoms with Crippen LogP contribution in [0.5, 0.6) is 0 Å². The van der Waals surface area contributed by atoms with Crippen LogP contribution in [0.25, 0.3) is 11.0 Å². The van der Waals surface area contributed by atoms with Gasteiger partial charge in [0.25, 0.3) is 0 Å². The molecule has 2 aromatic carbocycles. The van der Waals surface area contributed by atoms with Crippen molar-refractivity contribution < 1.29 is 13.9 Å². The van der Waals surface area contributed by atoms with E-state index < -0.39 is 5.97 Å². The highest BCUT2D eigenvalue weighted by Crippen LogP contribution is 2.21. The second-order valence-electron chi connectivity index (χ2n) is 4.71. The van der Waals surface area contributed by atoms with Crippen LogP contribution in [0.2, 0.25) is 0 Å². The van der Waals surface area contributed by atoms with E-state index in [9.17, 15) is 4.79 Å². The summed E-state index contributed by atoms with van der Waals surface area (Å²) in [4.78, 5) is 12.0. The maximum atomic E-state index is 12.0. The number of rotatable bonds is 3. The Balaban J connectivity index is 1.75. The molecule has 1 heterocycles. The Bertz CT molecular complexity index is 741. The lowest BCUT2D eigenvalue weighted by Gasteiger charge is -2.02. The standard InChI is InChI=1S/C17H14O3/c1-12-7-8-15-14(9-12)10-16(20-15)17(18)19-11-13-5-3-2-4-6-13/h2-10H,11H2,1H3. The van der Waals surface area contributed by atoms with Crippen LogP contribution in [0.1, 0.15) is 21.7 Å². The van der Waals surface area contributed by atoms with E-state index in [0.29, 0.717) is 5.58 Å². The normalized spacial score (nSPS) is 10.7. The van der Waals surface area contributed by atoms with Gasteiger partial charge in [-0.15, -0.1) is 0 Å². The molecule has 3 aromatic rings. The minimum Gasteiger partial charge on any atom is -0.455 e. The van der Waals surface area contributed by atoms with Crippen LogP contribution in [0.4, 0.5) is 0 Å². The summed E-state index contributed by atoms with van der Waals surface area (Å²) >= 11 is 0. The number of ether oxygens (including phenoxy) is 1. The Morgan fingerprint density at radius 1 is 1.10 bits per heavy atom. The van der Waals surface area contributed by atoms with Crippen molar-refractivity contribution in [3.63, 3.8) is 0 Å². The molecule has 0 N–H and O–H groups in total. The van der Waals surface area contributed by atoms with Crippen LogP contribution in [0.3, 0.4) is 0 Å². The van der Waals surface area contributed by atoms with Gasteiger partial charge in [-0.3, -0.25) is 0 Å². The zero-order chi connectivity index (χ0) is 13.9.